The second-order valence-electron chi connectivity index (χ2n) is 3.36. The molecule has 1 heterocycles. The predicted molar refractivity (Wildman–Crippen MR) is 70.5 cm³/mol. The molecule has 1 N–H and O–H groups in total. The molecular formula is C12H6BrClN2O2. The summed E-state index contributed by atoms with van der Waals surface area (Å²) in [6.45, 7) is 0. The molecule has 0 aliphatic carbocycles. The third-order valence-electron chi connectivity index (χ3n) is 2.14. The van der Waals surface area contributed by atoms with Gasteiger partial charge in [0.2, 0.25) is 0 Å². The van der Waals surface area contributed by atoms with Crippen LogP contribution in [0.3, 0.4) is 0 Å². The zero-order chi connectivity index (χ0) is 13.1. The normalized spacial score (nSPS) is 9.83. The number of hydrogen-bond acceptors (Lipinski definition) is 3. The van der Waals surface area contributed by atoms with Gasteiger partial charge in [-0.1, -0.05) is 11.6 Å². The molecular weight excluding hydrogens is 320 g/mol. The number of benzene rings is 1. The molecule has 0 aliphatic rings. The average Bonchev–Trinajstić information content (AvgIpc) is 2.76. The van der Waals surface area contributed by atoms with Crippen molar-refractivity contribution < 1.29 is 9.21 Å². The third kappa shape index (κ3) is 2.73. The fourth-order valence-corrected chi connectivity index (χ4v) is 1.84. The number of hydrogen-bond donors (Lipinski definition) is 1. The Kier molecular flexibility index (Phi) is 3.70. The Morgan fingerprint density at radius 3 is 2.72 bits per heavy atom. The molecule has 1 aromatic heterocycles. The molecule has 0 atom stereocenters. The first-order valence-electron chi connectivity index (χ1n) is 4.86. The Labute approximate surface area is 116 Å². The molecule has 0 aliphatic heterocycles. The van der Waals surface area contributed by atoms with Gasteiger partial charge in [0.1, 0.15) is 6.07 Å². The highest BCUT2D eigenvalue weighted by Gasteiger charge is 2.11. The van der Waals surface area contributed by atoms with E-state index in [9.17, 15) is 4.79 Å². The summed E-state index contributed by atoms with van der Waals surface area (Å²) < 4.78 is 5.59. The predicted octanol–water partition coefficient (Wildman–Crippen LogP) is 3.82. The molecule has 0 unspecified atom stereocenters. The standard InChI is InChI=1S/C12H6BrClN2O2/c13-11-4-3-10(18-11)12(17)16-8-2-1-7(6-15)9(14)5-8/h1-5H,(H,16,17). The van der Waals surface area contributed by atoms with Crippen LogP contribution in [0.15, 0.2) is 39.4 Å². The second-order valence-corrected chi connectivity index (χ2v) is 4.55. The Morgan fingerprint density at radius 2 is 2.17 bits per heavy atom. The smallest absolute Gasteiger partial charge is 0.291 e. The van der Waals surface area contributed by atoms with E-state index in [1.807, 2.05) is 6.07 Å². The Hall–Kier alpha value is -1.77. The minimum atomic E-state index is -0.388. The SMILES string of the molecule is N#Cc1ccc(NC(=O)c2ccc(Br)o2)cc1Cl. The van der Waals surface area contributed by atoms with Gasteiger partial charge in [0, 0.05) is 5.69 Å². The number of halogens is 2. The van der Waals surface area contributed by atoms with Crippen molar-refractivity contribution in [1.29, 1.82) is 5.26 Å². The molecule has 0 saturated carbocycles. The van der Waals surface area contributed by atoms with Crippen molar-refractivity contribution in [3.05, 3.63) is 51.3 Å². The molecule has 1 amide bonds. The lowest BCUT2D eigenvalue weighted by molar-refractivity contribution is 0.0995. The lowest BCUT2D eigenvalue weighted by Gasteiger charge is -2.04. The molecule has 18 heavy (non-hydrogen) atoms. The molecule has 2 aromatic rings. The number of nitriles is 1. The van der Waals surface area contributed by atoms with Gasteiger partial charge in [-0.3, -0.25) is 4.79 Å². The first kappa shape index (κ1) is 12.7. The van der Waals surface area contributed by atoms with Crippen molar-refractivity contribution >= 4 is 39.1 Å². The molecule has 0 fully saturated rings. The van der Waals surface area contributed by atoms with E-state index < -0.39 is 0 Å². The second kappa shape index (κ2) is 5.25. The van der Waals surface area contributed by atoms with Gasteiger partial charge in [-0.25, -0.2) is 0 Å². The summed E-state index contributed by atoms with van der Waals surface area (Å²) in [6, 6.07) is 9.76. The lowest BCUT2D eigenvalue weighted by Crippen LogP contribution is -2.10. The van der Waals surface area contributed by atoms with Gasteiger partial charge in [0.15, 0.2) is 10.4 Å². The van der Waals surface area contributed by atoms with Crippen molar-refractivity contribution in [2.75, 3.05) is 5.32 Å². The summed E-state index contributed by atoms with van der Waals surface area (Å²) >= 11 is 8.97. The van der Waals surface area contributed by atoms with Crippen molar-refractivity contribution in [2.24, 2.45) is 0 Å². The molecule has 1 aromatic carbocycles. The van der Waals surface area contributed by atoms with Crippen LogP contribution in [0.25, 0.3) is 0 Å². The summed E-state index contributed by atoms with van der Waals surface area (Å²) in [7, 11) is 0. The monoisotopic (exact) mass is 324 g/mol. The summed E-state index contributed by atoms with van der Waals surface area (Å²) in [5, 5.41) is 11.6. The van der Waals surface area contributed by atoms with Gasteiger partial charge in [-0.05, 0) is 46.3 Å². The van der Waals surface area contributed by atoms with Crippen LogP contribution in [0.2, 0.25) is 5.02 Å². The molecule has 6 heteroatoms. The zero-order valence-electron chi connectivity index (χ0n) is 8.91. The quantitative estimate of drug-likeness (QED) is 0.912. The maximum Gasteiger partial charge on any atom is 0.291 e. The molecule has 90 valence electrons. The first-order chi connectivity index (χ1) is 8.60. The van der Waals surface area contributed by atoms with Crippen molar-refractivity contribution in [3.8, 4) is 6.07 Å². The van der Waals surface area contributed by atoms with E-state index in [-0.39, 0.29) is 16.7 Å². The fraction of sp³-hybridized carbons (Fsp3) is 0. The van der Waals surface area contributed by atoms with Gasteiger partial charge in [-0.2, -0.15) is 5.26 Å². The summed E-state index contributed by atoms with van der Waals surface area (Å²) in [6.07, 6.45) is 0. The van der Waals surface area contributed by atoms with Crippen LogP contribution in [0, 0.1) is 11.3 Å². The van der Waals surface area contributed by atoms with Crippen molar-refractivity contribution in [3.63, 3.8) is 0 Å². The number of nitrogens with one attached hydrogen (secondary N) is 1. The maximum atomic E-state index is 11.8. The van der Waals surface area contributed by atoms with Crippen molar-refractivity contribution in [1.82, 2.24) is 0 Å². The maximum absolute atomic E-state index is 11.8. The van der Waals surface area contributed by atoms with Crippen LogP contribution < -0.4 is 5.32 Å². The van der Waals surface area contributed by atoms with Gasteiger partial charge in [0.05, 0.1) is 10.6 Å². The number of amides is 1. The van der Waals surface area contributed by atoms with Crippen LogP contribution in [0.5, 0.6) is 0 Å². The van der Waals surface area contributed by atoms with Gasteiger partial charge in [0.25, 0.3) is 5.91 Å². The van der Waals surface area contributed by atoms with Gasteiger partial charge in [-0.15, -0.1) is 0 Å². The molecule has 0 spiro atoms. The number of anilines is 1. The molecule has 0 bridgehead atoms. The number of rotatable bonds is 2. The lowest BCUT2D eigenvalue weighted by atomic mass is 10.2. The molecule has 0 radical (unpaired) electrons. The third-order valence-corrected chi connectivity index (χ3v) is 2.88. The topological polar surface area (TPSA) is 66.0 Å². The number of furan rings is 1. The van der Waals surface area contributed by atoms with Gasteiger partial charge >= 0.3 is 0 Å². The van der Waals surface area contributed by atoms with E-state index >= 15 is 0 Å². The summed E-state index contributed by atoms with van der Waals surface area (Å²) in [4.78, 5) is 11.8. The molecule has 2 rings (SSSR count). The number of nitrogens with zero attached hydrogens (tertiary/aromatic N) is 1. The van der Waals surface area contributed by atoms with E-state index in [1.165, 1.54) is 12.1 Å². The van der Waals surface area contributed by atoms with E-state index in [1.54, 1.807) is 18.2 Å². The van der Waals surface area contributed by atoms with E-state index in [0.717, 1.165) is 0 Å². The molecule has 4 nitrogen and oxygen atoms in total. The Bertz CT molecular complexity index is 646. The largest absolute Gasteiger partial charge is 0.444 e. The number of carbonyl (C=O) groups excluding carboxylic acids is 1. The highest BCUT2D eigenvalue weighted by molar-refractivity contribution is 9.10. The first-order valence-corrected chi connectivity index (χ1v) is 6.03. The highest BCUT2D eigenvalue weighted by atomic mass is 79.9. The summed E-state index contributed by atoms with van der Waals surface area (Å²) in [5.41, 5.74) is 0.854. The van der Waals surface area contributed by atoms with Crippen LogP contribution in [0.4, 0.5) is 5.69 Å². The van der Waals surface area contributed by atoms with Crippen LogP contribution in [-0.2, 0) is 0 Å². The van der Waals surface area contributed by atoms with E-state index in [2.05, 4.69) is 21.2 Å². The Balaban J connectivity index is 2.17. The van der Waals surface area contributed by atoms with Gasteiger partial charge < -0.3 is 9.73 Å². The highest BCUT2D eigenvalue weighted by Crippen LogP contribution is 2.21. The minimum Gasteiger partial charge on any atom is -0.444 e. The van der Waals surface area contributed by atoms with E-state index in [0.29, 0.717) is 15.9 Å². The molecule has 0 saturated heterocycles. The average molecular weight is 326 g/mol. The van der Waals surface area contributed by atoms with Crippen LogP contribution >= 0.6 is 27.5 Å². The zero-order valence-corrected chi connectivity index (χ0v) is 11.2. The fourth-order valence-electron chi connectivity index (χ4n) is 1.31. The van der Waals surface area contributed by atoms with Crippen LogP contribution in [-0.4, -0.2) is 5.91 Å². The van der Waals surface area contributed by atoms with Crippen molar-refractivity contribution in [2.45, 2.75) is 0 Å². The van der Waals surface area contributed by atoms with Crippen LogP contribution in [0.1, 0.15) is 16.1 Å². The van der Waals surface area contributed by atoms with E-state index in [4.69, 9.17) is 21.3 Å². The minimum absolute atomic E-state index is 0.183. The number of carbonyl (C=O) groups is 1. The Morgan fingerprint density at radius 1 is 1.39 bits per heavy atom. The summed E-state index contributed by atoms with van der Waals surface area (Å²) in [5.74, 6) is -0.205.